The van der Waals surface area contributed by atoms with Crippen LogP contribution < -0.4 is 4.72 Å². The van der Waals surface area contributed by atoms with Crippen LogP contribution in [0.25, 0.3) is 10.8 Å². The quantitative estimate of drug-likeness (QED) is 0.640. The summed E-state index contributed by atoms with van der Waals surface area (Å²) in [5.74, 6) is -0.224. The molecule has 2 aromatic heterocycles. The van der Waals surface area contributed by atoms with Gasteiger partial charge in [0.2, 0.25) is 0 Å². The average Bonchev–Trinajstić information content (AvgIpc) is 3.43. The molecule has 1 aromatic carbocycles. The molecule has 0 unspecified atom stereocenters. The molecule has 1 amide bonds. The molecule has 3 heterocycles. The summed E-state index contributed by atoms with van der Waals surface area (Å²) in [6, 6.07) is 7.03. The predicted molar refractivity (Wildman–Crippen MR) is 114 cm³/mol. The van der Waals surface area contributed by atoms with Gasteiger partial charge in [-0.25, -0.2) is 8.42 Å². The van der Waals surface area contributed by atoms with Crippen LogP contribution in [0.5, 0.6) is 0 Å². The second-order valence-corrected chi connectivity index (χ2v) is 10.3. The van der Waals surface area contributed by atoms with Crippen LogP contribution in [0, 0.1) is 20.8 Å². The molecule has 158 valence electrons. The number of carbonyl (C=O) groups excluding carboxylic acids is 1. The highest BCUT2D eigenvalue weighted by Gasteiger charge is 2.27. The first-order valence-corrected chi connectivity index (χ1v) is 11.9. The highest BCUT2D eigenvalue weighted by Crippen LogP contribution is 2.34. The molecule has 3 aromatic rings. The van der Waals surface area contributed by atoms with Crippen LogP contribution in [0.1, 0.15) is 39.5 Å². The Morgan fingerprint density at radius 3 is 2.57 bits per heavy atom. The number of sulfonamides is 1. The van der Waals surface area contributed by atoms with Gasteiger partial charge < -0.3 is 9.32 Å². The molecule has 1 aliphatic rings. The van der Waals surface area contributed by atoms with Crippen molar-refractivity contribution in [2.24, 2.45) is 0 Å². The predicted octanol–water partition coefficient (Wildman–Crippen LogP) is 3.76. The van der Waals surface area contributed by atoms with Crippen LogP contribution >= 0.6 is 11.3 Å². The number of amides is 1. The Bertz CT molecular complexity index is 1210. The maximum absolute atomic E-state index is 13.0. The third-order valence-corrected chi connectivity index (χ3v) is 7.66. The molecule has 1 N–H and O–H groups in total. The number of hydrogen-bond acceptors (Lipinski definition) is 7. The summed E-state index contributed by atoms with van der Waals surface area (Å²) in [6.45, 7) is 6.89. The highest BCUT2D eigenvalue weighted by molar-refractivity contribution is 7.93. The standard InChI is InChI=1S/C20H22N4O4S2/c1-12-6-7-15(13(2)10-12)23-30(26,27)17-11-16(29-14(17)3)18-21-22-19(28-18)20(25)24-8-4-5-9-24/h6-7,10-11,23H,4-5,8-9H2,1-3H3. The van der Waals surface area contributed by atoms with E-state index < -0.39 is 10.0 Å². The minimum absolute atomic E-state index is 0.0734. The number of likely N-dealkylation sites (tertiary alicyclic amines) is 1. The Kier molecular flexibility index (Phi) is 5.37. The van der Waals surface area contributed by atoms with E-state index in [1.54, 1.807) is 17.9 Å². The van der Waals surface area contributed by atoms with Crippen molar-refractivity contribution in [1.29, 1.82) is 0 Å². The number of thiophene rings is 1. The maximum atomic E-state index is 13.0. The van der Waals surface area contributed by atoms with Crippen molar-refractivity contribution in [1.82, 2.24) is 15.1 Å². The van der Waals surface area contributed by atoms with Gasteiger partial charge in [-0.2, -0.15) is 0 Å². The van der Waals surface area contributed by atoms with Crippen LogP contribution in [-0.4, -0.2) is 42.5 Å². The number of benzene rings is 1. The first-order chi connectivity index (χ1) is 14.2. The summed E-state index contributed by atoms with van der Waals surface area (Å²) in [4.78, 5) is 15.3. The molecule has 8 nitrogen and oxygen atoms in total. The van der Waals surface area contributed by atoms with Crippen molar-refractivity contribution in [3.05, 3.63) is 46.2 Å². The fourth-order valence-corrected chi connectivity index (χ4v) is 6.07. The number of anilines is 1. The summed E-state index contributed by atoms with van der Waals surface area (Å²) in [6.07, 6.45) is 1.93. The Labute approximate surface area is 179 Å². The molecule has 30 heavy (non-hydrogen) atoms. The van der Waals surface area contributed by atoms with E-state index in [1.807, 2.05) is 26.0 Å². The zero-order valence-corrected chi connectivity index (χ0v) is 18.6. The van der Waals surface area contributed by atoms with Crippen LogP contribution in [0.3, 0.4) is 0 Å². The minimum atomic E-state index is -3.79. The molecule has 0 spiro atoms. The fraction of sp³-hybridized carbons (Fsp3) is 0.350. The SMILES string of the molecule is Cc1ccc(NS(=O)(=O)c2cc(-c3nnc(C(=O)N4CCCC4)o3)sc2C)c(C)c1. The van der Waals surface area contributed by atoms with E-state index in [0.717, 1.165) is 24.0 Å². The number of aryl methyl sites for hydroxylation is 3. The van der Waals surface area contributed by atoms with E-state index in [-0.39, 0.29) is 22.6 Å². The largest absolute Gasteiger partial charge is 0.411 e. The normalized spacial score (nSPS) is 14.3. The topological polar surface area (TPSA) is 105 Å². The van der Waals surface area contributed by atoms with Gasteiger partial charge in [-0.15, -0.1) is 21.5 Å². The van der Waals surface area contributed by atoms with Crippen molar-refractivity contribution in [3.8, 4) is 10.8 Å². The maximum Gasteiger partial charge on any atom is 0.311 e. The summed E-state index contributed by atoms with van der Waals surface area (Å²) in [5.41, 5.74) is 2.43. The monoisotopic (exact) mass is 446 g/mol. The van der Waals surface area contributed by atoms with Gasteiger partial charge in [0.1, 0.15) is 4.90 Å². The van der Waals surface area contributed by atoms with Gasteiger partial charge in [0, 0.05) is 18.0 Å². The minimum Gasteiger partial charge on any atom is -0.411 e. The van der Waals surface area contributed by atoms with E-state index >= 15 is 0 Å². The molecule has 0 atom stereocenters. The number of hydrogen-bond donors (Lipinski definition) is 1. The van der Waals surface area contributed by atoms with Gasteiger partial charge in [-0.3, -0.25) is 9.52 Å². The number of carbonyl (C=O) groups is 1. The highest BCUT2D eigenvalue weighted by atomic mass is 32.2. The van der Waals surface area contributed by atoms with Gasteiger partial charge in [-0.1, -0.05) is 17.7 Å². The molecule has 10 heteroatoms. The lowest BCUT2D eigenvalue weighted by Crippen LogP contribution is -2.27. The van der Waals surface area contributed by atoms with Crippen LogP contribution in [0.15, 0.2) is 33.6 Å². The second-order valence-electron chi connectivity index (χ2n) is 7.37. The number of aromatic nitrogens is 2. The molecule has 0 aliphatic carbocycles. The number of nitrogens with zero attached hydrogens (tertiary/aromatic N) is 3. The number of rotatable bonds is 5. The second kappa shape index (κ2) is 7.84. The van der Waals surface area contributed by atoms with Crippen molar-refractivity contribution < 1.29 is 17.6 Å². The van der Waals surface area contributed by atoms with E-state index in [0.29, 0.717) is 28.5 Å². The molecular weight excluding hydrogens is 424 g/mol. The lowest BCUT2D eigenvalue weighted by atomic mass is 10.1. The third-order valence-electron chi connectivity index (χ3n) is 5.00. The summed E-state index contributed by atoms with van der Waals surface area (Å²) in [7, 11) is -3.79. The zero-order valence-electron chi connectivity index (χ0n) is 16.9. The summed E-state index contributed by atoms with van der Waals surface area (Å²) < 4.78 is 34.1. The molecule has 4 rings (SSSR count). The molecule has 0 radical (unpaired) electrons. The summed E-state index contributed by atoms with van der Waals surface area (Å²) in [5, 5.41) is 7.81. The van der Waals surface area contributed by atoms with Crippen LogP contribution in [0.4, 0.5) is 5.69 Å². The van der Waals surface area contributed by atoms with Crippen molar-refractivity contribution >= 4 is 33.0 Å². The Morgan fingerprint density at radius 1 is 1.13 bits per heavy atom. The van der Waals surface area contributed by atoms with E-state index in [2.05, 4.69) is 14.9 Å². The van der Waals surface area contributed by atoms with E-state index in [4.69, 9.17) is 4.42 Å². The molecule has 1 aliphatic heterocycles. The Morgan fingerprint density at radius 2 is 1.87 bits per heavy atom. The van der Waals surface area contributed by atoms with Gasteiger partial charge in [0.25, 0.3) is 15.9 Å². The Hall–Kier alpha value is -2.72. The van der Waals surface area contributed by atoms with Gasteiger partial charge >= 0.3 is 11.8 Å². The van der Waals surface area contributed by atoms with Crippen LogP contribution in [-0.2, 0) is 10.0 Å². The van der Waals surface area contributed by atoms with Crippen molar-refractivity contribution in [2.45, 2.75) is 38.5 Å². The fourth-order valence-electron chi connectivity index (χ4n) is 3.43. The molecule has 1 fully saturated rings. The summed E-state index contributed by atoms with van der Waals surface area (Å²) >= 11 is 1.23. The van der Waals surface area contributed by atoms with Gasteiger partial charge in [0.15, 0.2) is 0 Å². The molecule has 0 saturated carbocycles. The third kappa shape index (κ3) is 3.97. The Balaban J connectivity index is 1.59. The van der Waals surface area contributed by atoms with Crippen LogP contribution in [0.2, 0.25) is 0 Å². The zero-order chi connectivity index (χ0) is 21.5. The molecule has 1 saturated heterocycles. The molecular formula is C20H22N4O4S2. The smallest absolute Gasteiger partial charge is 0.311 e. The molecule has 0 bridgehead atoms. The van der Waals surface area contributed by atoms with Crippen molar-refractivity contribution in [3.63, 3.8) is 0 Å². The lowest BCUT2D eigenvalue weighted by Gasteiger charge is -2.11. The van der Waals surface area contributed by atoms with E-state index in [1.165, 1.54) is 17.4 Å². The number of nitrogens with one attached hydrogen (secondary N) is 1. The first kappa shape index (κ1) is 20.5. The van der Waals surface area contributed by atoms with Crippen molar-refractivity contribution in [2.75, 3.05) is 17.8 Å². The lowest BCUT2D eigenvalue weighted by molar-refractivity contribution is 0.0754. The first-order valence-electron chi connectivity index (χ1n) is 9.58. The van der Waals surface area contributed by atoms with Gasteiger partial charge in [0.05, 0.1) is 10.6 Å². The van der Waals surface area contributed by atoms with Gasteiger partial charge in [-0.05, 0) is 51.3 Å². The van der Waals surface area contributed by atoms with E-state index in [9.17, 15) is 13.2 Å². The average molecular weight is 447 g/mol.